The van der Waals surface area contributed by atoms with Crippen molar-refractivity contribution in [1.82, 2.24) is 9.78 Å². The standard InChI is InChI=1S/C22H34N2O5Si/c1-15(29-30(6,7)22(2,3)4)12-24-21-16(11-23-24)8-9-19-18(21)10-17(13-28-19)27-14-20(25)26-5/h8-9,11,15,17H,10,12-14H2,1-7H3/t15-,17-/m1/s1. The van der Waals surface area contributed by atoms with E-state index >= 15 is 0 Å². The smallest absolute Gasteiger partial charge is 0.331 e. The molecule has 1 aromatic carbocycles. The van der Waals surface area contributed by atoms with E-state index < -0.39 is 8.32 Å². The summed E-state index contributed by atoms with van der Waals surface area (Å²) in [6, 6.07) is 4.02. The number of rotatable bonds is 7. The largest absolute Gasteiger partial charge is 0.491 e. The SMILES string of the molecule is COC(=O)CO[C@H]1COc2ccc3cnn(C[C@@H](C)O[Si](C)(C)C(C)(C)C)c3c2C1. The third-order valence-electron chi connectivity index (χ3n) is 6.12. The molecule has 0 saturated heterocycles. The fraction of sp³-hybridized carbons (Fsp3) is 0.636. The highest BCUT2D eigenvalue weighted by atomic mass is 28.4. The highest BCUT2D eigenvalue weighted by Crippen LogP contribution is 2.38. The molecule has 7 nitrogen and oxygen atoms in total. The molecule has 1 aliphatic rings. The Kier molecular flexibility index (Phi) is 6.59. The third kappa shape index (κ3) is 4.87. The maximum absolute atomic E-state index is 11.4. The van der Waals surface area contributed by atoms with Crippen molar-refractivity contribution in [3.63, 3.8) is 0 Å². The van der Waals surface area contributed by atoms with Gasteiger partial charge in [-0.05, 0) is 37.2 Å². The van der Waals surface area contributed by atoms with Crippen LogP contribution in [0.1, 0.15) is 33.3 Å². The van der Waals surface area contributed by atoms with Crippen LogP contribution in [0, 0.1) is 0 Å². The van der Waals surface area contributed by atoms with E-state index in [1.54, 1.807) is 0 Å². The van der Waals surface area contributed by atoms with Gasteiger partial charge in [-0.3, -0.25) is 4.68 Å². The van der Waals surface area contributed by atoms with E-state index in [9.17, 15) is 4.79 Å². The van der Waals surface area contributed by atoms with Gasteiger partial charge in [-0.2, -0.15) is 5.10 Å². The van der Waals surface area contributed by atoms with Crippen molar-refractivity contribution in [3.05, 3.63) is 23.9 Å². The summed E-state index contributed by atoms with van der Waals surface area (Å²) in [6.45, 7) is 14.4. The molecule has 2 atom stereocenters. The fourth-order valence-corrected chi connectivity index (χ4v) is 4.92. The Labute approximate surface area is 179 Å². The second-order valence-electron chi connectivity index (χ2n) is 9.52. The number of hydrogen-bond donors (Lipinski definition) is 0. The first-order valence-electron chi connectivity index (χ1n) is 10.5. The second kappa shape index (κ2) is 8.68. The normalized spacial score (nSPS) is 18.0. The summed E-state index contributed by atoms with van der Waals surface area (Å²) < 4.78 is 24.8. The van der Waals surface area contributed by atoms with Crippen molar-refractivity contribution in [2.24, 2.45) is 0 Å². The van der Waals surface area contributed by atoms with Crippen molar-refractivity contribution in [3.8, 4) is 5.75 Å². The van der Waals surface area contributed by atoms with Crippen molar-refractivity contribution in [2.75, 3.05) is 20.3 Å². The molecule has 0 N–H and O–H groups in total. The Hall–Kier alpha value is -1.90. The molecule has 1 aromatic heterocycles. The molecule has 0 unspecified atom stereocenters. The Morgan fingerprint density at radius 3 is 2.77 bits per heavy atom. The maximum Gasteiger partial charge on any atom is 0.331 e. The summed E-state index contributed by atoms with van der Waals surface area (Å²) in [6.07, 6.45) is 2.38. The van der Waals surface area contributed by atoms with Gasteiger partial charge in [0.2, 0.25) is 0 Å². The van der Waals surface area contributed by atoms with Crippen LogP contribution in [0.2, 0.25) is 18.1 Å². The Morgan fingerprint density at radius 1 is 1.37 bits per heavy atom. The second-order valence-corrected chi connectivity index (χ2v) is 14.3. The summed E-state index contributed by atoms with van der Waals surface area (Å²) >= 11 is 0. The average Bonchev–Trinajstić information content (AvgIpc) is 3.07. The van der Waals surface area contributed by atoms with E-state index in [4.69, 9.17) is 13.9 Å². The van der Waals surface area contributed by atoms with Crippen molar-refractivity contribution >= 4 is 25.2 Å². The quantitative estimate of drug-likeness (QED) is 0.486. The van der Waals surface area contributed by atoms with Crippen LogP contribution in [0.3, 0.4) is 0 Å². The molecule has 2 aromatic rings. The van der Waals surface area contributed by atoms with Gasteiger partial charge in [0, 0.05) is 17.4 Å². The average molecular weight is 435 g/mol. The highest BCUT2D eigenvalue weighted by Gasteiger charge is 2.38. The zero-order chi connectivity index (χ0) is 22.1. The summed E-state index contributed by atoms with van der Waals surface area (Å²) in [7, 11) is -0.509. The van der Waals surface area contributed by atoms with Crippen LogP contribution in [-0.4, -0.2) is 56.6 Å². The number of esters is 1. The molecule has 2 heterocycles. The number of ether oxygens (including phenoxy) is 3. The van der Waals surface area contributed by atoms with E-state index in [1.165, 1.54) is 7.11 Å². The fourth-order valence-electron chi connectivity index (χ4n) is 3.49. The topological polar surface area (TPSA) is 71.8 Å². The van der Waals surface area contributed by atoms with Gasteiger partial charge in [0.15, 0.2) is 8.32 Å². The molecule has 0 amide bonds. The predicted octanol–water partition coefficient (Wildman–Crippen LogP) is 3.94. The van der Waals surface area contributed by atoms with Crippen LogP contribution in [-0.2, 0) is 31.7 Å². The Balaban J connectivity index is 1.80. The van der Waals surface area contributed by atoms with Crippen molar-refractivity contribution < 1.29 is 23.4 Å². The third-order valence-corrected chi connectivity index (χ3v) is 10.7. The molecule has 1 aliphatic heterocycles. The van der Waals surface area contributed by atoms with Gasteiger partial charge >= 0.3 is 5.97 Å². The molecule has 0 fully saturated rings. The first-order chi connectivity index (χ1) is 14.0. The van der Waals surface area contributed by atoms with Gasteiger partial charge in [-0.1, -0.05) is 20.8 Å². The van der Waals surface area contributed by atoms with Crippen molar-refractivity contribution in [1.29, 1.82) is 0 Å². The van der Waals surface area contributed by atoms with Gasteiger partial charge in [0.05, 0.1) is 37.6 Å². The number of fused-ring (bicyclic) bond motifs is 3. The predicted molar refractivity (Wildman–Crippen MR) is 118 cm³/mol. The van der Waals surface area contributed by atoms with Gasteiger partial charge in [-0.25, -0.2) is 4.79 Å². The molecule has 30 heavy (non-hydrogen) atoms. The van der Waals surface area contributed by atoms with E-state index in [2.05, 4.69) is 50.6 Å². The van der Waals surface area contributed by atoms with Crippen LogP contribution < -0.4 is 4.74 Å². The maximum atomic E-state index is 11.4. The Morgan fingerprint density at radius 2 is 2.10 bits per heavy atom. The molecule has 0 aliphatic carbocycles. The van der Waals surface area contributed by atoms with Crippen LogP contribution in [0.25, 0.3) is 10.9 Å². The molecule has 166 valence electrons. The summed E-state index contributed by atoms with van der Waals surface area (Å²) in [5, 5.41) is 5.85. The van der Waals surface area contributed by atoms with Gasteiger partial charge in [0.25, 0.3) is 0 Å². The van der Waals surface area contributed by atoms with E-state index in [-0.39, 0.29) is 29.8 Å². The Bertz CT molecular complexity index is 903. The molecule has 3 rings (SSSR count). The summed E-state index contributed by atoms with van der Waals surface area (Å²) in [4.78, 5) is 11.4. The lowest BCUT2D eigenvalue weighted by Gasteiger charge is -2.38. The van der Waals surface area contributed by atoms with Gasteiger partial charge in [0.1, 0.15) is 19.0 Å². The highest BCUT2D eigenvalue weighted by molar-refractivity contribution is 6.74. The molecule has 0 spiro atoms. The minimum atomic E-state index is -1.86. The van der Waals surface area contributed by atoms with E-state index in [0.29, 0.717) is 19.6 Å². The summed E-state index contributed by atoms with van der Waals surface area (Å²) in [5.41, 5.74) is 2.11. The molecule has 8 heteroatoms. The number of methoxy groups -OCH3 is 1. The monoisotopic (exact) mass is 434 g/mol. The molecular weight excluding hydrogens is 400 g/mol. The summed E-state index contributed by atoms with van der Waals surface area (Å²) in [5.74, 6) is 0.459. The van der Waals surface area contributed by atoms with E-state index in [1.807, 2.05) is 23.0 Å². The lowest BCUT2D eigenvalue weighted by molar-refractivity contribution is -0.148. The first kappa shape index (κ1) is 22.8. The molecule has 0 radical (unpaired) electrons. The zero-order valence-corrected chi connectivity index (χ0v) is 20.2. The minimum absolute atomic E-state index is 0.0423. The van der Waals surface area contributed by atoms with Crippen LogP contribution in [0.15, 0.2) is 18.3 Å². The molecular formula is C22H34N2O5Si. The number of nitrogens with zero attached hydrogens (tertiary/aromatic N) is 2. The number of hydrogen-bond acceptors (Lipinski definition) is 6. The number of carbonyl (C=O) groups excluding carboxylic acids is 1. The number of aromatic nitrogens is 2. The molecule has 0 saturated carbocycles. The zero-order valence-electron chi connectivity index (χ0n) is 19.2. The van der Waals surface area contributed by atoms with E-state index in [0.717, 1.165) is 22.2 Å². The molecule has 0 bridgehead atoms. The van der Waals surface area contributed by atoms with Crippen LogP contribution in [0.4, 0.5) is 0 Å². The first-order valence-corrected chi connectivity index (χ1v) is 13.4. The van der Waals surface area contributed by atoms with Crippen LogP contribution in [0.5, 0.6) is 5.75 Å². The number of carbonyl (C=O) groups is 1. The minimum Gasteiger partial charge on any atom is -0.491 e. The van der Waals surface area contributed by atoms with Crippen LogP contribution >= 0.6 is 0 Å². The lowest BCUT2D eigenvalue weighted by atomic mass is 10.0. The van der Waals surface area contributed by atoms with Gasteiger partial charge in [-0.15, -0.1) is 0 Å². The lowest BCUT2D eigenvalue weighted by Crippen LogP contribution is -2.44. The van der Waals surface area contributed by atoms with Crippen molar-refractivity contribution in [2.45, 2.75) is 71.0 Å². The number of benzene rings is 1. The van der Waals surface area contributed by atoms with Gasteiger partial charge < -0.3 is 18.6 Å².